The Balaban J connectivity index is 2.16. The zero-order valence-electron chi connectivity index (χ0n) is 9.22. The van der Waals surface area contributed by atoms with Gasteiger partial charge in [-0.15, -0.1) is 0 Å². The summed E-state index contributed by atoms with van der Waals surface area (Å²) in [5.74, 6) is -0.00532. The molecule has 0 spiro atoms. The van der Waals surface area contributed by atoms with E-state index < -0.39 is 5.41 Å². The molecule has 0 aromatic carbocycles. The molecule has 0 atom stereocenters. The van der Waals surface area contributed by atoms with E-state index in [4.69, 9.17) is 10.5 Å². The van der Waals surface area contributed by atoms with Crippen molar-refractivity contribution in [2.45, 2.75) is 0 Å². The maximum Gasteiger partial charge on any atom is 0.238 e. The first kappa shape index (κ1) is 11.0. The van der Waals surface area contributed by atoms with Gasteiger partial charge >= 0.3 is 0 Å². The van der Waals surface area contributed by atoms with Gasteiger partial charge in [0.1, 0.15) is 5.41 Å². The van der Waals surface area contributed by atoms with Gasteiger partial charge in [0.25, 0.3) is 0 Å². The first-order valence-electron chi connectivity index (χ1n) is 5.16. The number of hydrogen-bond donors (Lipinski definition) is 1. The van der Waals surface area contributed by atoms with Crippen LogP contribution in [0, 0.1) is 5.41 Å². The molecule has 2 heterocycles. The van der Waals surface area contributed by atoms with E-state index in [1.807, 2.05) is 6.07 Å². The van der Waals surface area contributed by atoms with Crippen LogP contribution in [0.3, 0.4) is 0 Å². The highest BCUT2D eigenvalue weighted by atomic mass is 16.5. The lowest BCUT2D eigenvalue weighted by molar-refractivity contribution is -0.156. The van der Waals surface area contributed by atoms with E-state index in [9.17, 15) is 4.79 Å². The predicted molar refractivity (Wildman–Crippen MR) is 60.0 cm³/mol. The molecule has 1 aromatic rings. The summed E-state index contributed by atoms with van der Waals surface area (Å²) in [5, 5.41) is 0. The second-order valence-electron chi connectivity index (χ2n) is 4.05. The number of hydrogen-bond acceptors (Lipinski definition) is 4. The Labute approximate surface area is 94.2 Å². The monoisotopic (exact) mass is 221 g/mol. The Bertz CT molecular complexity index is 371. The van der Waals surface area contributed by atoms with Crippen LogP contribution in [0.25, 0.3) is 0 Å². The fourth-order valence-corrected chi connectivity index (χ4v) is 1.70. The van der Waals surface area contributed by atoms with Gasteiger partial charge in [0.2, 0.25) is 5.91 Å². The molecule has 0 unspecified atom stereocenters. The van der Waals surface area contributed by atoms with Crippen LogP contribution in [-0.4, -0.2) is 37.7 Å². The molecule has 2 rings (SSSR count). The minimum absolute atomic E-state index is 0.00532. The van der Waals surface area contributed by atoms with Gasteiger partial charge in [-0.1, -0.05) is 0 Å². The van der Waals surface area contributed by atoms with Gasteiger partial charge in [-0.25, -0.2) is 0 Å². The average molecular weight is 221 g/mol. The van der Waals surface area contributed by atoms with Crippen molar-refractivity contribution in [1.29, 1.82) is 0 Å². The van der Waals surface area contributed by atoms with E-state index in [0.717, 1.165) is 5.69 Å². The van der Waals surface area contributed by atoms with E-state index in [1.165, 1.54) is 0 Å². The zero-order valence-corrected chi connectivity index (χ0v) is 9.22. The molecule has 5 nitrogen and oxygen atoms in total. The average Bonchev–Trinajstić information content (AvgIpc) is 2.28. The van der Waals surface area contributed by atoms with Gasteiger partial charge in [-0.2, -0.15) is 0 Å². The van der Waals surface area contributed by atoms with Crippen molar-refractivity contribution in [3.05, 3.63) is 24.5 Å². The Kier molecular flexibility index (Phi) is 2.89. The summed E-state index contributed by atoms with van der Waals surface area (Å²) in [6.45, 7) is 1.14. The van der Waals surface area contributed by atoms with Gasteiger partial charge in [0, 0.05) is 19.8 Å². The van der Waals surface area contributed by atoms with Crippen LogP contribution in [-0.2, 0) is 9.53 Å². The molecule has 1 aliphatic rings. The van der Waals surface area contributed by atoms with Crippen molar-refractivity contribution in [2.75, 3.05) is 31.7 Å². The van der Waals surface area contributed by atoms with Crippen LogP contribution in [0.1, 0.15) is 0 Å². The summed E-state index contributed by atoms with van der Waals surface area (Å²) in [6.07, 6.45) is 3.33. The number of carbonyl (C=O) groups excluding carboxylic acids is 1. The molecule has 1 amide bonds. The van der Waals surface area contributed by atoms with Crippen molar-refractivity contribution in [3.63, 3.8) is 0 Å². The number of nitrogens with two attached hydrogens (primary N) is 1. The molecule has 0 bridgehead atoms. The molecule has 0 aliphatic carbocycles. The Morgan fingerprint density at radius 3 is 2.88 bits per heavy atom. The molecular formula is C11H15N3O2. The number of pyridine rings is 1. The van der Waals surface area contributed by atoms with Gasteiger partial charge in [0.15, 0.2) is 0 Å². The SMILES string of the molecule is CN(C(=O)C1(CN)COC1)c1cccnc1. The van der Waals surface area contributed by atoms with E-state index in [2.05, 4.69) is 4.98 Å². The molecule has 2 N–H and O–H groups in total. The largest absolute Gasteiger partial charge is 0.379 e. The molecule has 1 saturated heterocycles. The summed E-state index contributed by atoms with van der Waals surface area (Å²) < 4.78 is 5.09. The third-order valence-corrected chi connectivity index (χ3v) is 2.94. The third-order valence-electron chi connectivity index (χ3n) is 2.94. The molecular weight excluding hydrogens is 206 g/mol. The van der Waals surface area contributed by atoms with Gasteiger partial charge < -0.3 is 15.4 Å². The highest BCUT2D eigenvalue weighted by Gasteiger charge is 2.46. The van der Waals surface area contributed by atoms with E-state index in [-0.39, 0.29) is 5.91 Å². The lowest BCUT2D eigenvalue weighted by atomic mass is 9.84. The number of ether oxygens (including phenoxy) is 1. The highest BCUT2D eigenvalue weighted by Crippen LogP contribution is 2.29. The maximum atomic E-state index is 12.2. The van der Waals surface area contributed by atoms with Crippen LogP contribution >= 0.6 is 0 Å². The van der Waals surface area contributed by atoms with E-state index in [0.29, 0.717) is 19.8 Å². The normalized spacial score (nSPS) is 17.6. The molecule has 0 saturated carbocycles. The lowest BCUT2D eigenvalue weighted by Crippen LogP contribution is -2.58. The first-order valence-corrected chi connectivity index (χ1v) is 5.16. The van der Waals surface area contributed by atoms with Crippen LogP contribution in [0.4, 0.5) is 5.69 Å². The second kappa shape index (κ2) is 4.19. The topological polar surface area (TPSA) is 68.5 Å². The van der Waals surface area contributed by atoms with Crippen LogP contribution < -0.4 is 10.6 Å². The molecule has 1 aromatic heterocycles. The lowest BCUT2D eigenvalue weighted by Gasteiger charge is -2.41. The van der Waals surface area contributed by atoms with E-state index >= 15 is 0 Å². The fraction of sp³-hybridized carbons (Fsp3) is 0.455. The molecule has 86 valence electrons. The van der Waals surface area contributed by atoms with Gasteiger partial charge in [-0.3, -0.25) is 9.78 Å². The molecule has 0 radical (unpaired) electrons. The number of aromatic nitrogens is 1. The number of anilines is 1. The van der Waals surface area contributed by atoms with E-state index in [1.54, 1.807) is 30.4 Å². The summed E-state index contributed by atoms with van der Waals surface area (Å²) in [6, 6.07) is 3.64. The Morgan fingerprint density at radius 2 is 2.44 bits per heavy atom. The van der Waals surface area contributed by atoms with Gasteiger partial charge in [-0.05, 0) is 12.1 Å². The summed E-state index contributed by atoms with van der Waals surface area (Å²) >= 11 is 0. The summed E-state index contributed by atoms with van der Waals surface area (Å²) in [4.78, 5) is 17.8. The third kappa shape index (κ3) is 1.68. The first-order chi connectivity index (χ1) is 7.69. The molecule has 1 aliphatic heterocycles. The summed E-state index contributed by atoms with van der Waals surface area (Å²) in [5.41, 5.74) is 5.88. The molecule has 1 fully saturated rings. The van der Waals surface area contributed by atoms with Crippen LogP contribution in [0.5, 0.6) is 0 Å². The second-order valence-corrected chi connectivity index (χ2v) is 4.05. The van der Waals surface area contributed by atoms with Crippen molar-refractivity contribution in [3.8, 4) is 0 Å². The quantitative estimate of drug-likeness (QED) is 0.781. The van der Waals surface area contributed by atoms with Crippen LogP contribution in [0.15, 0.2) is 24.5 Å². The number of amides is 1. The van der Waals surface area contributed by atoms with Crippen molar-refractivity contribution in [2.24, 2.45) is 11.1 Å². The minimum atomic E-state index is -0.537. The predicted octanol–water partition coefficient (Wildman–Crippen LogP) is 0.0197. The minimum Gasteiger partial charge on any atom is -0.379 e. The van der Waals surface area contributed by atoms with Crippen molar-refractivity contribution < 1.29 is 9.53 Å². The molecule has 5 heteroatoms. The molecule has 16 heavy (non-hydrogen) atoms. The maximum absolute atomic E-state index is 12.2. The van der Waals surface area contributed by atoms with Crippen molar-refractivity contribution >= 4 is 11.6 Å². The smallest absolute Gasteiger partial charge is 0.238 e. The Hall–Kier alpha value is -1.46. The van der Waals surface area contributed by atoms with Crippen molar-refractivity contribution in [1.82, 2.24) is 4.98 Å². The number of nitrogens with zero attached hydrogens (tertiary/aromatic N) is 2. The number of carbonyl (C=O) groups is 1. The summed E-state index contributed by atoms with van der Waals surface area (Å²) in [7, 11) is 1.73. The van der Waals surface area contributed by atoms with Gasteiger partial charge in [0.05, 0.1) is 25.1 Å². The Morgan fingerprint density at radius 1 is 1.69 bits per heavy atom. The highest BCUT2D eigenvalue weighted by molar-refractivity contribution is 5.97. The van der Waals surface area contributed by atoms with Crippen LogP contribution in [0.2, 0.25) is 0 Å². The zero-order chi connectivity index (χ0) is 11.6. The fourth-order valence-electron chi connectivity index (χ4n) is 1.70. The standard InChI is InChI=1S/C11H15N3O2/c1-14(9-3-2-4-13-5-9)10(15)11(6-12)7-16-8-11/h2-5H,6-8,12H2,1H3. The number of rotatable bonds is 3.